The topological polar surface area (TPSA) is 18.5 Å². The summed E-state index contributed by atoms with van der Waals surface area (Å²) in [6, 6.07) is 12.8. The second kappa shape index (κ2) is 6.69. The zero-order chi connectivity index (χ0) is 14.5. The van der Waals surface area contributed by atoms with Crippen molar-refractivity contribution in [2.45, 2.75) is 0 Å². The van der Waals surface area contributed by atoms with Crippen molar-refractivity contribution in [3.63, 3.8) is 0 Å². The maximum absolute atomic E-state index is 5.98. The van der Waals surface area contributed by atoms with Crippen molar-refractivity contribution in [2.24, 2.45) is 0 Å². The molecule has 0 spiro atoms. The fourth-order valence-corrected chi connectivity index (χ4v) is 1.94. The molecule has 104 valence electrons. The highest BCUT2D eigenvalue weighted by molar-refractivity contribution is 6.42. The molecule has 0 saturated heterocycles. The van der Waals surface area contributed by atoms with Crippen molar-refractivity contribution in [3.8, 4) is 11.5 Å². The van der Waals surface area contributed by atoms with Gasteiger partial charge in [-0.05, 0) is 47.5 Å². The minimum absolute atomic E-state index is 0.379. The van der Waals surface area contributed by atoms with Crippen molar-refractivity contribution >= 4 is 28.8 Å². The molecule has 2 nitrogen and oxygen atoms in total. The Morgan fingerprint density at radius 2 is 1.65 bits per heavy atom. The van der Waals surface area contributed by atoms with E-state index in [9.17, 15) is 0 Å². The van der Waals surface area contributed by atoms with Crippen molar-refractivity contribution < 1.29 is 9.47 Å². The average Bonchev–Trinajstić information content (AvgIpc) is 2.48. The molecule has 0 aromatic heterocycles. The summed E-state index contributed by atoms with van der Waals surface area (Å²) in [6.45, 7) is 4.37. The van der Waals surface area contributed by atoms with Gasteiger partial charge in [0.1, 0.15) is 18.1 Å². The molecular weight excluding hydrogens is 295 g/mol. The van der Waals surface area contributed by atoms with E-state index in [4.69, 9.17) is 32.7 Å². The quantitative estimate of drug-likeness (QED) is 0.765. The van der Waals surface area contributed by atoms with E-state index in [0.29, 0.717) is 16.7 Å². The highest BCUT2D eigenvalue weighted by Gasteiger charge is 2.04. The lowest BCUT2D eigenvalue weighted by Gasteiger charge is -2.10. The molecule has 0 saturated carbocycles. The smallest absolute Gasteiger partial charge is 0.120 e. The number of ether oxygens (including phenoxy) is 2. The van der Waals surface area contributed by atoms with Gasteiger partial charge in [-0.3, -0.25) is 0 Å². The fourth-order valence-electron chi connectivity index (χ4n) is 1.64. The lowest BCUT2D eigenvalue weighted by molar-refractivity contribution is 0.367. The van der Waals surface area contributed by atoms with Crippen LogP contribution in [0.3, 0.4) is 0 Å². The van der Waals surface area contributed by atoms with Gasteiger partial charge in [0.15, 0.2) is 0 Å². The number of rotatable bonds is 5. The zero-order valence-corrected chi connectivity index (χ0v) is 12.5. The summed E-state index contributed by atoms with van der Waals surface area (Å²) in [6.07, 6.45) is 0. The molecule has 0 aliphatic rings. The number of hydrogen-bond acceptors (Lipinski definition) is 2. The Hall–Kier alpha value is -1.64. The van der Waals surface area contributed by atoms with Gasteiger partial charge >= 0.3 is 0 Å². The van der Waals surface area contributed by atoms with Gasteiger partial charge in [0.05, 0.1) is 17.2 Å². The summed E-state index contributed by atoms with van der Waals surface area (Å²) in [5.41, 5.74) is 1.74. The molecule has 4 heteroatoms. The molecule has 2 aromatic carbocycles. The average molecular weight is 309 g/mol. The first-order chi connectivity index (χ1) is 9.60. The van der Waals surface area contributed by atoms with Crippen LogP contribution in [-0.4, -0.2) is 13.7 Å². The summed E-state index contributed by atoms with van der Waals surface area (Å²) in [5.74, 6) is 1.55. The van der Waals surface area contributed by atoms with E-state index in [0.717, 1.165) is 22.6 Å². The fraction of sp³-hybridized carbons (Fsp3) is 0.125. The van der Waals surface area contributed by atoms with Crippen LogP contribution >= 0.6 is 23.2 Å². The Kier molecular flexibility index (Phi) is 4.94. The Labute approximate surface area is 128 Å². The molecule has 0 amide bonds. The standard InChI is InChI=1S/C16H14Cl2O2/c1-11(12-3-8-15(17)16(18)9-12)10-20-14-6-4-13(19-2)5-7-14/h3-9H,1,10H2,2H3. The van der Waals surface area contributed by atoms with E-state index >= 15 is 0 Å². The second-order valence-corrected chi connectivity index (χ2v) is 5.01. The van der Waals surface area contributed by atoms with Crippen molar-refractivity contribution in [3.05, 3.63) is 64.7 Å². The van der Waals surface area contributed by atoms with E-state index < -0.39 is 0 Å². The molecule has 20 heavy (non-hydrogen) atoms. The molecular formula is C16H14Cl2O2. The zero-order valence-electron chi connectivity index (χ0n) is 11.0. The van der Waals surface area contributed by atoms with Gasteiger partial charge < -0.3 is 9.47 Å². The van der Waals surface area contributed by atoms with Crippen LogP contribution < -0.4 is 9.47 Å². The maximum Gasteiger partial charge on any atom is 0.120 e. The van der Waals surface area contributed by atoms with Crippen LogP contribution in [0.25, 0.3) is 5.57 Å². The molecule has 0 unspecified atom stereocenters. The SMILES string of the molecule is C=C(COc1ccc(OC)cc1)c1ccc(Cl)c(Cl)c1. The summed E-state index contributed by atoms with van der Waals surface area (Å²) >= 11 is 11.9. The first kappa shape index (κ1) is 14.8. The predicted octanol–water partition coefficient (Wildman–Crippen LogP) is 5.09. The number of halogens is 2. The molecule has 2 aromatic rings. The normalized spacial score (nSPS) is 10.2. The Balaban J connectivity index is 1.98. The largest absolute Gasteiger partial charge is 0.497 e. The number of hydrogen-bond donors (Lipinski definition) is 0. The predicted molar refractivity (Wildman–Crippen MR) is 84.0 cm³/mol. The van der Waals surface area contributed by atoms with Crippen LogP contribution in [-0.2, 0) is 0 Å². The first-order valence-corrected chi connectivity index (χ1v) is 6.76. The summed E-state index contributed by atoms with van der Waals surface area (Å²) in [5, 5.41) is 1.04. The molecule has 2 rings (SSSR count). The Morgan fingerprint density at radius 3 is 2.25 bits per heavy atom. The van der Waals surface area contributed by atoms with E-state index in [1.54, 1.807) is 19.2 Å². The lowest BCUT2D eigenvalue weighted by atomic mass is 10.1. The number of benzene rings is 2. The third kappa shape index (κ3) is 3.69. The highest BCUT2D eigenvalue weighted by atomic mass is 35.5. The van der Waals surface area contributed by atoms with E-state index in [-0.39, 0.29) is 0 Å². The van der Waals surface area contributed by atoms with Crippen LogP contribution in [0.1, 0.15) is 5.56 Å². The van der Waals surface area contributed by atoms with E-state index in [1.165, 1.54) is 0 Å². The van der Waals surface area contributed by atoms with Gasteiger partial charge in [-0.25, -0.2) is 0 Å². The lowest BCUT2D eigenvalue weighted by Crippen LogP contribution is -1.99. The molecule has 0 N–H and O–H groups in total. The first-order valence-electron chi connectivity index (χ1n) is 6.00. The molecule has 0 fully saturated rings. The molecule has 0 aliphatic carbocycles. The van der Waals surface area contributed by atoms with Crippen molar-refractivity contribution in [1.82, 2.24) is 0 Å². The molecule has 0 heterocycles. The summed E-state index contributed by atoms with van der Waals surface area (Å²) in [4.78, 5) is 0. The second-order valence-electron chi connectivity index (χ2n) is 4.20. The third-order valence-electron chi connectivity index (χ3n) is 2.80. The van der Waals surface area contributed by atoms with Crippen LogP contribution in [0.5, 0.6) is 11.5 Å². The minimum Gasteiger partial charge on any atom is -0.497 e. The maximum atomic E-state index is 5.98. The third-order valence-corrected chi connectivity index (χ3v) is 3.54. The van der Waals surface area contributed by atoms with Gasteiger partial charge in [0, 0.05) is 0 Å². The molecule has 0 radical (unpaired) electrons. The van der Waals surface area contributed by atoms with Crippen LogP contribution in [0.15, 0.2) is 49.0 Å². The number of methoxy groups -OCH3 is 1. The monoisotopic (exact) mass is 308 g/mol. The van der Waals surface area contributed by atoms with Crippen molar-refractivity contribution in [1.29, 1.82) is 0 Å². The van der Waals surface area contributed by atoms with Crippen molar-refractivity contribution in [2.75, 3.05) is 13.7 Å². The molecule has 0 atom stereocenters. The molecule has 0 aliphatic heterocycles. The summed E-state index contributed by atoms with van der Waals surface area (Å²) in [7, 11) is 1.63. The van der Waals surface area contributed by atoms with Crippen LogP contribution in [0, 0.1) is 0 Å². The van der Waals surface area contributed by atoms with Gasteiger partial charge in [-0.2, -0.15) is 0 Å². The van der Waals surface area contributed by atoms with Crippen LogP contribution in [0.2, 0.25) is 10.0 Å². The molecule has 0 bridgehead atoms. The van der Waals surface area contributed by atoms with Gasteiger partial charge in [0.25, 0.3) is 0 Å². The highest BCUT2D eigenvalue weighted by Crippen LogP contribution is 2.26. The minimum atomic E-state index is 0.379. The Bertz CT molecular complexity index is 606. The van der Waals surface area contributed by atoms with Crippen LogP contribution in [0.4, 0.5) is 0 Å². The summed E-state index contributed by atoms with van der Waals surface area (Å²) < 4.78 is 10.7. The Morgan fingerprint density at radius 1 is 1.00 bits per heavy atom. The van der Waals surface area contributed by atoms with E-state index in [1.807, 2.05) is 30.3 Å². The van der Waals surface area contributed by atoms with E-state index in [2.05, 4.69) is 6.58 Å². The van der Waals surface area contributed by atoms with Gasteiger partial charge in [0.2, 0.25) is 0 Å². The van der Waals surface area contributed by atoms with Gasteiger partial charge in [-0.15, -0.1) is 0 Å². The van der Waals surface area contributed by atoms with Gasteiger partial charge in [-0.1, -0.05) is 35.8 Å².